The molecule has 0 aromatic heterocycles. The molecule has 0 atom stereocenters. The molecule has 0 spiro atoms. The summed E-state index contributed by atoms with van der Waals surface area (Å²) in [7, 11) is 0. The number of benzene rings is 2. The van der Waals surface area contributed by atoms with E-state index in [1.807, 2.05) is 0 Å². The number of nitrogens with two attached hydrogens (primary N) is 1. The fraction of sp³-hybridized carbons (Fsp3) is 0.0714. The van der Waals surface area contributed by atoms with Gasteiger partial charge >= 0.3 is 0 Å². The number of aromatic hydroxyl groups is 1. The molecule has 19 heavy (non-hydrogen) atoms. The van der Waals surface area contributed by atoms with Gasteiger partial charge in [0.2, 0.25) is 0 Å². The predicted octanol–water partition coefficient (Wildman–Crippen LogP) is 3.30. The molecule has 0 fully saturated rings. The number of carbonyl (C=O) groups is 1. The minimum Gasteiger partial charge on any atom is -0.508 e. The van der Waals surface area contributed by atoms with Crippen LogP contribution in [0.3, 0.4) is 0 Å². The van der Waals surface area contributed by atoms with Crippen LogP contribution in [-0.2, 0) is 0 Å². The van der Waals surface area contributed by atoms with E-state index in [1.165, 1.54) is 0 Å². The summed E-state index contributed by atoms with van der Waals surface area (Å²) in [6, 6.07) is 10.00. The summed E-state index contributed by atoms with van der Waals surface area (Å²) in [6.07, 6.45) is 0. The number of rotatable bonds is 2. The van der Waals surface area contributed by atoms with E-state index < -0.39 is 0 Å². The molecule has 0 aliphatic heterocycles. The van der Waals surface area contributed by atoms with E-state index in [1.54, 1.807) is 43.3 Å². The molecule has 2 aromatic carbocycles. The van der Waals surface area contributed by atoms with Crippen molar-refractivity contribution in [1.29, 1.82) is 0 Å². The number of halogens is 1. The van der Waals surface area contributed by atoms with Crippen LogP contribution < -0.4 is 11.1 Å². The second-order valence-electron chi connectivity index (χ2n) is 4.14. The lowest BCUT2D eigenvalue weighted by Crippen LogP contribution is -2.13. The number of phenols is 1. The van der Waals surface area contributed by atoms with Gasteiger partial charge in [-0.3, -0.25) is 4.79 Å². The number of hydrogen-bond donors (Lipinski definition) is 3. The molecule has 0 saturated carbocycles. The normalized spacial score (nSPS) is 10.2. The van der Waals surface area contributed by atoms with E-state index in [-0.39, 0.29) is 11.7 Å². The van der Waals surface area contributed by atoms with E-state index in [0.29, 0.717) is 22.5 Å². The Morgan fingerprint density at radius 3 is 2.79 bits per heavy atom. The summed E-state index contributed by atoms with van der Waals surface area (Å²) < 4.78 is 0.743. The van der Waals surface area contributed by atoms with Gasteiger partial charge in [0.25, 0.3) is 5.91 Å². The summed E-state index contributed by atoms with van der Waals surface area (Å²) in [4.78, 5) is 12.2. The van der Waals surface area contributed by atoms with Gasteiger partial charge in [-0.25, -0.2) is 0 Å². The third-order valence-corrected chi connectivity index (χ3v) is 3.48. The molecule has 2 rings (SSSR count). The Morgan fingerprint density at radius 1 is 1.32 bits per heavy atom. The Hall–Kier alpha value is -2.01. The van der Waals surface area contributed by atoms with Crippen molar-refractivity contribution in [3.05, 3.63) is 52.0 Å². The van der Waals surface area contributed by atoms with Gasteiger partial charge in [0, 0.05) is 21.3 Å². The molecule has 4 nitrogen and oxygen atoms in total. The van der Waals surface area contributed by atoms with Gasteiger partial charge in [-0.15, -0.1) is 0 Å². The van der Waals surface area contributed by atoms with Gasteiger partial charge in [0.05, 0.1) is 5.69 Å². The van der Waals surface area contributed by atoms with Gasteiger partial charge in [0.15, 0.2) is 0 Å². The molecule has 4 N–H and O–H groups in total. The van der Waals surface area contributed by atoms with Crippen LogP contribution in [0.15, 0.2) is 40.9 Å². The third kappa shape index (κ3) is 2.88. The predicted molar refractivity (Wildman–Crippen MR) is 79.4 cm³/mol. The van der Waals surface area contributed by atoms with Gasteiger partial charge in [0.1, 0.15) is 5.75 Å². The molecule has 0 aliphatic carbocycles. The van der Waals surface area contributed by atoms with Crippen LogP contribution in [0.2, 0.25) is 0 Å². The number of phenolic OH excluding ortho intramolecular Hbond substituents is 1. The molecule has 0 aliphatic rings. The maximum absolute atomic E-state index is 12.2. The Kier molecular flexibility index (Phi) is 3.76. The van der Waals surface area contributed by atoms with Gasteiger partial charge in [-0.2, -0.15) is 0 Å². The van der Waals surface area contributed by atoms with Crippen LogP contribution >= 0.6 is 15.9 Å². The maximum Gasteiger partial charge on any atom is 0.256 e. The summed E-state index contributed by atoms with van der Waals surface area (Å²) >= 11 is 3.34. The first-order chi connectivity index (χ1) is 8.99. The van der Waals surface area contributed by atoms with Crippen LogP contribution in [0.4, 0.5) is 11.4 Å². The second-order valence-corrected chi connectivity index (χ2v) is 5.00. The van der Waals surface area contributed by atoms with E-state index in [4.69, 9.17) is 5.73 Å². The van der Waals surface area contributed by atoms with Crippen LogP contribution in [0.5, 0.6) is 5.75 Å². The number of anilines is 2. The highest BCUT2D eigenvalue weighted by atomic mass is 79.9. The van der Waals surface area contributed by atoms with Gasteiger partial charge < -0.3 is 16.2 Å². The van der Waals surface area contributed by atoms with Crippen LogP contribution in [0.25, 0.3) is 0 Å². The minimum absolute atomic E-state index is 0.0966. The molecular formula is C14H13BrN2O2. The maximum atomic E-state index is 12.2. The zero-order valence-electron chi connectivity index (χ0n) is 10.3. The lowest BCUT2D eigenvalue weighted by molar-refractivity contribution is 0.102. The number of carbonyl (C=O) groups excluding carboxylic acids is 1. The topological polar surface area (TPSA) is 75.3 Å². The van der Waals surface area contributed by atoms with Crippen molar-refractivity contribution in [3.63, 3.8) is 0 Å². The first-order valence-corrected chi connectivity index (χ1v) is 6.43. The number of amides is 1. The first kappa shape index (κ1) is 13.4. The summed E-state index contributed by atoms with van der Waals surface area (Å²) in [6.45, 7) is 1.69. The van der Waals surface area contributed by atoms with E-state index in [2.05, 4.69) is 21.2 Å². The largest absolute Gasteiger partial charge is 0.508 e. The van der Waals surface area contributed by atoms with Crippen molar-refractivity contribution in [1.82, 2.24) is 0 Å². The SMILES string of the molecule is Cc1c(O)cccc1C(=O)Nc1cc(N)ccc1Br. The fourth-order valence-electron chi connectivity index (χ4n) is 1.70. The molecule has 1 amide bonds. The summed E-state index contributed by atoms with van der Waals surface area (Å²) in [5, 5.41) is 12.4. The van der Waals surface area contributed by atoms with Gasteiger partial charge in [-0.05, 0) is 53.2 Å². The molecule has 2 aromatic rings. The molecule has 0 heterocycles. The highest BCUT2D eigenvalue weighted by Crippen LogP contribution is 2.26. The number of hydrogen-bond acceptors (Lipinski definition) is 3. The molecule has 5 heteroatoms. The molecule has 0 bridgehead atoms. The standard InChI is InChI=1S/C14H13BrN2O2/c1-8-10(3-2-4-13(8)18)14(19)17-12-7-9(16)5-6-11(12)15/h2-7,18H,16H2,1H3,(H,17,19). The lowest BCUT2D eigenvalue weighted by atomic mass is 10.1. The van der Waals surface area contributed by atoms with Crippen molar-refractivity contribution in [2.75, 3.05) is 11.1 Å². The molecule has 0 saturated heterocycles. The average molecular weight is 321 g/mol. The van der Waals surface area contributed by atoms with Crippen LogP contribution in [-0.4, -0.2) is 11.0 Å². The van der Waals surface area contributed by atoms with E-state index >= 15 is 0 Å². The van der Waals surface area contributed by atoms with Crippen molar-refractivity contribution in [2.24, 2.45) is 0 Å². The van der Waals surface area contributed by atoms with Gasteiger partial charge in [-0.1, -0.05) is 6.07 Å². The van der Waals surface area contributed by atoms with E-state index in [0.717, 1.165) is 4.47 Å². The van der Waals surface area contributed by atoms with Crippen molar-refractivity contribution in [2.45, 2.75) is 6.92 Å². The highest BCUT2D eigenvalue weighted by Gasteiger charge is 2.12. The zero-order chi connectivity index (χ0) is 14.0. The Bertz CT molecular complexity index is 641. The Morgan fingerprint density at radius 2 is 2.05 bits per heavy atom. The quantitative estimate of drug-likeness (QED) is 0.743. The van der Waals surface area contributed by atoms with Crippen molar-refractivity contribution >= 4 is 33.2 Å². The zero-order valence-corrected chi connectivity index (χ0v) is 11.9. The summed E-state index contributed by atoms with van der Waals surface area (Å²) in [5.74, 6) is -0.195. The number of nitrogen functional groups attached to an aromatic ring is 1. The molecule has 98 valence electrons. The Balaban J connectivity index is 2.31. The third-order valence-electron chi connectivity index (χ3n) is 2.79. The molecular weight excluding hydrogens is 308 g/mol. The molecule has 0 radical (unpaired) electrons. The fourth-order valence-corrected chi connectivity index (χ4v) is 2.04. The van der Waals surface area contributed by atoms with Crippen molar-refractivity contribution in [3.8, 4) is 5.75 Å². The Labute approximate surface area is 119 Å². The monoisotopic (exact) mass is 320 g/mol. The average Bonchev–Trinajstić information content (AvgIpc) is 2.37. The highest BCUT2D eigenvalue weighted by molar-refractivity contribution is 9.10. The van der Waals surface area contributed by atoms with E-state index in [9.17, 15) is 9.90 Å². The summed E-state index contributed by atoms with van der Waals surface area (Å²) in [5.41, 5.74) is 7.80. The van der Waals surface area contributed by atoms with Crippen molar-refractivity contribution < 1.29 is 9.90 Å². The van der Waals surface area contributed by atoms with Crippen LogP contribution in [0.1, 0.15) is 15.9 Å². The minimum atomic E-state index is -0.292. The van der Waals surface area contributed by atoms with Crippen LogP contribution in [0, 0.1) is 6.92 Å². The smallest absolute Gasteiger partial charge is 0.256 e. The number of nitrogens with one attached hydrogen (secondary N) is 1. The lowest BCUT2D eigenvalue weighted by Gasteiger charge is -2.10. The second kappa shape index (κ2) is 5.32. The first-order valence-electron chi connectivity index (χ1n) is 5.64. The molecule has 0 unspecified atom stereocenters.